The molecule has 2 aromatic rings. The van der Waals surface area contributed by atoms with Gasteiger partial charge in [-0.05, 0) is 31.5 Å². The number of hydrogen-bond acceptors (Lipinski definition) is 3. The lowest BCUT2D eigenvalue weighted by atomic mass is 10.2. The van der Waals surface area contributed by atoms with Gasteiger partial charge in [0.05, 0.1) is 15.8 Å². The molecule has 1 aromatic heterocycles. The van der Waals surface area contributed by atoms with Crippen LogP contribution in [0.3, 0.4) is 0 Å². The lowest BCUT2D eigenvalue weighted by Gasteiger charge is -2.07. The van der Waals surface area contributed by atoms with E-state index in [4.69, 9.17) is 0 Å². The number of sulfone groups is 1. The van der Waals surface area contributed by atoms with E-state index in [2.05, 4.69) is 9.97 Å². The summed E-state index contributed by atoms with van der Waals surface area (Å²) in [6.45, 7) is 3.29. The second-order valence-corrected chi connectivity index (χ2v) is 6.78. The summed E-state index contributed by atoms with van der Waals surface area (Å²) in [6.07, 6.45) is 1.55. The van der Waals surface area contributed by atoms with Gasteiger partial charge in [0, 0.05) is 6.20 Å². The molecule has 6 heteroatoms. The van der Waals surface area contributed by atoms with Crippen molar-refractivity contribution in [3.8, 4) is 11.3 Å². The van der Waals surface area contributed by atoms with Gasteiger partial charge in [-0.1, -0.05) is 12.1 Å². The molecule has 0 aliphatic heterocycles. The van der Waals surface area contributed by atoms with E-state index >= 15 is 0 Å². The highest BCUT2D eigenvalue weighted by Gasteiger charge is 2.18. The van der Waals surface area contributed by atoms with Gasteiger partial charge in [-0.2, -0.15) is 0 Å². The summed E-state index contributed by atoms with van der Waals surface area (Å²) in [5, 5.41) is -0.449. The number of H-pyrrole nitrogens is 2. The monoisotopic (exact) mass is 266 g/mol. The summed E-state index contributed by atoms with van der Waals surface area (Å²) in [4.78, 5) is 16.4. The van der Waals surface area contributed by atoms with Gasteiger partial charge in [-0.25, -0.2) is 13.2 Å². The highest BCUT2D eigenvalue weighted by molar-refractivity contribution is 7.92. The molecule has 0 amide bonds. The van der Waals surface area contributed by atoms with Crippen LogP contribution >= 0.6 is 0 Å². The zero-order valence-corrected chi connectivity index (χ0v) is 10.9. The smallest absolute Gasteiger partial charge is 0.312 e. The predicted octanol–water partition coefficient (Wildman–Crippen LogP) is 1.55. The van der Waals surface area contributed by atoms with Crippen LogP contribution in [-0.2, 0) is 9.84 Å². The third-order valence-corrected chi connectivity index (χ3v) is 4.88. The number of aromatic amines is 2. The molecule has 0 radical (unpaired) electrons. The Balaban J connectivity index is 2.40. The highest BCUT2D eigenvalue weighted by atomic mass is 32.2. The third kappa shape index (κ3) is 2.24. The quantitative estimate of drug-likeness (QED) is 0.884. The molecule has 0 unspecified atom stereocenters. The van der Waals surface area contributed by atoms with E-state index in [1.54, 1.807) is 44.3 Å². The van der Waals surface area contributed by atoms with Gasteiger partial charge in [0.25, 0.3) is 0 Å². The van der Waals surface area contributed by atoms with Crippen LogP contribution in [0.15, 0.2) is 40.2 Å². The molecule has 2 rings (SSSR count). The van der Waals surface area contributed by atoms with Crippen LogP contribution in [0.4, 0.5) is 0 Å². The Morgan fingerprint density at radius 1 is 1.11 bits per heavy atom. The molecule has 0 spiro atoms. The molecule has 1 aromatic carbocycles. The molecule has 0 aliphatic rings. The van der Waals surface area contributed by atoms with Gasteiger partial charge in [0.15, 0.2) is 9.84 Å². The molecule has 0 fully saturated rings. The zero-order chi connectivity index (χ0) is 13.3. The Morgan fingerprint density at radius 3 is 2.17 bits per heavy atom. The number of nitrogens with one attached hydrogen (secondary N) is 2. The minimum Gasteiger partial charge on any atom is -0.312 e. The third-order valence-electron chi connectivity index (χ3n) is 2.71. The largest absolute Gasteiger partial charge is 0.323 e. The van der Waals surface area contributed by atoms with Crippen molar-refractivity contribution >= 4 is 9.84 Å². The summed E-state index contributed by atoms with van der Waals surface area (Å²) in [7, 11) is -3.25. The molecule has 0 saturated carbocycles. The normalized spacial score (nSPS) is 11.9. The van der Waals surface area contributed by atoms with E-state index in [0.29, 0.717) is 10.6 Å². The highest BCUT2D eigenvalue weighted by Crippen LogP contribution is 2.20. The van der Waals surface area contributed by atoms with Crippen LogP contribution < -0.4 is 5.69 Å². The fourth-order valence-electron chi connectivity index (χ4n) is 1.58. The molecule has 5 nitrogen and oxygen atoms in total. The number of benzene rings is 1. The van der Waals surface area contributed by atoms with Crippen molar-refractivity contribution < 1.29 is 8.42 Å². The maximum atomic E-state index is 11.9. The van der Waals surface area contributed by atoms with E-state index in [1.165, 1.54) is 0 Å². The second kappa shape index (κ2) is 4.45. The maximum absolute atomic E-state index is 11.9. The van der Waals surface area contributed by atoms with Crippen molar-refractivity contribution in [1.82, 2.24) is 9.97 Å². The summed E-state index contributed by atoms with van der Waals surface area (Å²) in [6, 6.07) is 6.45. The SMILES string of the molecule is CC(C)S(=O)(=O)c1ccc(-c2c[nH]c(=O)[nH]2)cc1. The number of rotatable bonds is 3. The zero-order valence-electron chi connectivity index (χ0n) is 10.1. The first-order valence-corrected chi connectivity index (χ1v) is 7.08. The minimum atomic E-state index is -3.25. The van der Waals surface area contributed by atoms with Crippen molar-refractivity contribution in [3.05, 3.63) is 40.9 Å². The molecule has 0 aliphatic carbocycles. The molecule has 0 bridgehead atoms. The average molecular weight is 266 g/mol. The van der Waals surface area contributed by atoms with Gasteiger partial charge in [0.2, 0.25) is 0 Å². The Morgan fingerprint density at radius 2 is 1.72 bits per heavy atom. The molecule has 18 heavy (non-hydrogen) atoms. The summed E-state index contributed by atoms with van der Waals surface area (Å²) >= 11 is 0. The summed E-state index contributed by atoms with van der Waals surface area (Å²) in [5.41, 5.74) is 1.11. The average Bonchev–Trinajstić information content (AvgIpc) is 2.76. The van der Waals surface area contributed by atoms with Gasteiger partial charge >= 0.3 is 5.69 Å². The van der Waals surface area contributed by atoms with Crippen molar-refractivity contribution in [3.63, 3.8) is 0 Å². The Kier molecular flexibility index (Phi) is 3.13. The van der Waals surface area contributed by atoms with Crippen molar-refractivity contribution in [2.45, 2.75) is 24.0 Å². The molecule has 0 saturated heterocycles. The van der Waals surface area contributed by atoms with Gasteiger partial charge in [-0.15, -0.1) is 0 Å². The van der Waals surface area contributed by atoms with E-state index in [-0.39, 0.29) is 5.69 Å². The lowest BCUT2D eigenvalue weighted by molar-refractivity contribution is 0.587. The Labute approximate surface area is 105 Å². The summed E-state index contributed by atoms with van der Waals surface area (Å²) in [5.74, 6) is 0. The Hall–Kier alpha value is -1.82. The maximum Gasteiger partial charge on any atom is 0.323 e. The Bertz CT molecular complexity index is 693. The van der Waals surface area contributed by atoms with Crippen LogP contribution in [0.2, 0.25) is 0 Å². The van der Waals surface area contributed by atoms with Crippen LogP contribution in [0, 0.1) is 0 Å². The molecular formula is C12H14N2O3S. The first-order chi connectivity index (χ1) is 8.41. The fourth-order valence-corrected chi connectivity index (χ4v) is 2.64. The molecule has 1 heterocycles. The van der Waals surface area contributed by atoms with Crippen molar-refractivity contribution in [1.29, 1.82) is 0 Å². The van der Waals surface area contributed by atoms with Gasteiger partial charge in [0.1, 0.15) is 0 Å². The van der Waals surface area contributed by atoms with Gasteiger partial charge < -0.3 is 9.97 Å². The van der Waals surface area contributed by atoms with Crippen molar-refractivity contribution in [2.75, 3.05) is 0 Å². The first-order valence-electron chi connectivity index (χ1n) is 5.53. The van der Waals surface area contributed by atoms with E-state index in [1.807, 2.05) is 0 Å². The number of aromatic nitrogens is 2. The number of hydrogen-bond donors (Lipinski definition) is 2. The van der Waals surface area contributed by atoms with Gasteiger partial charge in [-0.3, -0.25) is 0 Å². The molecule has 2 N–H and O–H groups in total. The molecule has 0 atom stereocenters. The van der Waals surface area contributed by atoms with Crippen LogP contribution in [0.1, 0.15) is 13.8 Å². The summed E-state index contributed by atoms with van der Waals surface area (Å²) < 4.78 is 23.8. The topological polar surface area (TPSA) is 82.8 Å². The van der Waals surface area contributed by atoms with E-state index in [9.17, 15) is 13.2 Å². The van der Waals surface area contributed by atoms with Crippen LogP contribution in [0.5, 0.6) is 0 Å². The fraction of sp³-hybridized carbons (Fsp3) is 0.250. The number of imidazole rings is 1. The van der Waals surface area contributed by atoms with E-state index in [0.717, 1.165) is 5.56 Å². The molecule has 96 valence electrons. The second-order valence-electron chi connectivity index (χ2n) is 4.27. The molecular weight excluding hydrogens is 252 g/mol. The van der Waals surface area contributed by atoms with Crippen LogP contribution in [0.25, 0.3) is 11.3 Å². The lowest BCUT2D eigenvalue weighted by Crippen LogP contribution is -2.13. The standard InChI is InChI=1S/C12H14N2O3S/c1-8(2)18(16,17)10-5-3-9(4-6-10)11-7-13-12(15)14-11/h3-8H,1-2H3,(H2,13,14,15). The predicted molar refractivity (Wildman–Crippen MR) is 69.2 cm³/mol. The van der Waals surface area contributed by atoms with Crippen molar-refractivity contribution in [2.24, 2.45) is 0 Å². The van der Waals surface area contributed by atoms with E-state index < -0.39 is 15.1 Å². The minimum absolute atomic E-state index is 0.288. The first kappa shape index (κ1) is 12.6. The van der Waals surface area contributed by atoms with Crippen LogP contribution in [-0.4, -0.2) is 23.6 Å².